The van der Waals surface area contributed by atoms with Crippen molar-refractivity contribution in [1.29, 1.82) is 5.41 Å². The first-order valence-corrected chi connectivity index (χ1v) is 5.54. The molecule has 0 saturated heterocycles. The highest BCUT2D eigenvalue weighted by molar-refractivity contribution is 8.06. The van der Waals surface area contributed by atoms with Crippen LogP contribution in [-0.4, -0.2) is 18.7 Å². The molecule has 0 aromatic heterocycles. The van der Waals surface area contributed by atoms with Crippen LogP contribution < -0.4 is 0 Å². The Hall–Kier alpha value is -0.640. The predicted octanol–water partition coefficient (Wildman–Crippen LogP) is 1.51. The second-order valence-electron chi connectivity index (χ2n) is 3.01. The van der Waals surface area contributed by atoms with Gasteiger partial charge >= 0.3 is 0 Å². The van der Waals surface area contributed by atoms with Crippen LogP contribution in [0, 0.1) is 5.41 Å². The summed E-state index contributed by atoms with van der Waals surface area (Å²) in [5.41, 5.74) is 0. The fourth-order valence-corrected chi connectivity index (χ4v) is 2.61. The van der Waals surface area contributed by atoms with E-state index in [4.69, 9.17) is 5.41 Å². The van der Waals surface area contributed by atoms with Crippen molar-refractivity contribution in [3.8, 4) is 0 Å². The summed E-state index contributed by atoms with van der Waals surface area (Å²) in [5, 5.41) is 6.57. The molecule has 0 fully saturated rings. The van der Waals surface area contributed by atoms with Gasteiger partial charge in [-0.05, 0) is 26.2 Å². The minimum absolute atomic E-state index is 0.206. The predicted molar refractivity (Wildman–Crippen MR) is 49.1 cm³/mol. The Morgan fingerprint density at radius 2 is 2.17 bits per heavy atom. The number of rotatable bonds is 1. The molecule has 0 radical (unpaired) electrons. The molecule has 1 N–H and O–H groups in total. The summed E-state index contributed by atoms with van der Waals surface area (Å²) in [6, 6.07) is 0. The van der Waals surface area contributed by atoms with E-state index in [2.05, 4.69) is 0 Å². The van der Waals surface area contributed by atoms with Crippen molar-refractivity contribution in [2.45, 2.75) is 31.4 Å². The van der Waals surface area contributed by atoms with Gasteiger partial charge in [-0.25, -0.2) is 8.42 Å². The molecule has 68 valence electrons. The molecular formula is C8H13NO2S. The van der Waals surface area contributed by atoms with Gasteiger partial charge in [0.1, 0.15) is 5.04 Å². The van der Waals surface area contributed by atoms with Crippen LogP contribution in [0.3, 0.4) is 0 Å². The van der Waals surface area contributed by atoms with Crippen LogP contribution in [0.5, 0.6) is 0 Å². The quantitative estimate of drug-likeness (QED) is 0.384. The summed E-state index contributed by atoms with van der Waals surface area (Å²) in [7, 11) is -3.27. The fraction of sp³-hybridized carbons (Fsp3) is 0.625. The summed E-state index contributed by atoms with van der Waals surface area (Å²) < 4.78 is 22.9. The van der Waals surface area contributed by atoms with Crippen molar-refractivity contribution in [3.63, 3.8) is 0 Å². The van der Waals surface area contributed by atoms with Gasteiger partial charge in [0.05, 0.1) is 5.25 Å². The van der Waals surface area contributed by atoms with Gasteiger partial charge in [0, 0.05) is 0 Å². The monoisotopic (exact) mass is 187 g/mol. The topological polar surface area (TPSA) is 58.0 Å². The maximum absolute atomic E-state index is 11.4. The Morgan fingerprint density at radius 3 is 2.58 bits per heavy atom. The number of allylic oxidation sites excluding steroid dienone is 2. The SMILES string of the molecule is CC(=N)S(=O)(=O)C1CC=CCC1. The van der Waals surface area contributed by atoms with Gasteiger partial charge < -0.3 is 0 Å². The van der Waals surface area contributed by atoms with Crippen molar-refractivity contribution in [2.75, 3.05) is 0 Å². The molecule has 0 spiro atoms. The van der Waals surface area contributed by atoms with Crippen LogP contribution in [0.15, 0.2) is 12.2 Å². The third-order valence-corrected chi connectivity index (χ3v) is 4.25. The summed E-state index contributed by atoms with van der Waals surface area (Å²) in [6.07, 6.45) is 5.92. The molecule has 0 amide bonds. The van der Waals surface area contributed by atoms with E-state index >= 15 is 0 Å². The van der Waals surface area contributed by atoms with E-state index in [1.165, 1.54) is 6.92 Å². The molecule has 0 saturated carbocycles. The standard InChI is InChI=1S/C8H13NO2S/c1-7(9)12(10,11)8-5-3-2-4-6-8/h2-3,8-9H,4-6H2,1H3. The van der Waals surface area contributed by atoms with Gasteiger partial charge in [-0.3, -0.25) is 5.41 Å². The third kappa shape index (κ3) is 1.75. The summed E-state index contributed by atoms with van der Waals surface area (Å²) in [6.45, 7) is 1.34. The van der Waals surface area contributed by atoms with Crippen molar-refractivity contribution < 1.29 is 8.42 Å². The Balaban J connectivity index is 2.83. The van der Waals surface area contributed by atoms with Gasteiger partial charge in [-0.1, -0.05) is 12.2 Å². The minimum Gasteiger partial charge on any atom is -0.294 e. The largest absolute Gasteiger partial charge is 0.294 e. The summed E-state index contributed by atoms with van der Waals surface area (Å²) in [5.74, 6) is 0. The Bertz CT molecular complexity index is 303. The Kier molecular flexibility index (Phi) is 2.67. The molecule has 1 aliphatic carbocycles. The van der Waals surface area contributed by atoms with E-state index in [0.717, 1.165) is 6.42 Å². The van der Waals surface area contributed by atoms with Crippen molar-refractivity contribution in [2.24, 2.45) is 0 Å². The molecule has 0 aromatic carbocycles. The average Bonchev–Trinajstić information content (AvgIpc) is 2.06. The zero-order chi connectivity index (χ0) is 9.19. The molecule has 1 rings (SSSR count). The van der Waals surface area contributed by atoms with Gasteiger partial charge in [0.25, 0.3) is 0 Å². The highest BCUT2D eigenvalue weighted by Crippen LogP contribution is 2.19. The molecule has 0 heterocycles. The van der Waals surface area contributed by atoms with E-state index in [0.29, 0.717) is 12.8 Å². The fourth-order valence-electron chi connectivity index (χ4n) is 1.30. The molecule has 1 aliphatic rings. The molecule has 0 bridgehead atoms. The lowest BCUT2D eigenvalue weighted by molar-refractivity contribution is 0.579. The maximum Gasteiger partial charge on any atom is 0.193 e. The average molecular weight is 187 g/mol. The second kappa shape index (κ2) is 3.39. The van der Waals surface area contributed by atoms with Gasteiger partial charge in [-0.2, -0.15) is 0 Å². The highest BCUT2D eigenvalue weighted by Gasteiger charge is 2.26. The van der Waals surface area contributed by atoms with Gasteiger partial charge in [0.15, 0.2) is 9.84 Å². The first kappa shape index (κ1) is 9.45. The van der Waals surface area contributed by atoms with Crippen LogP contribution >= 0.6 is 0 Å². The van der Waals surface area contributed by atoms with Crippen LogP contribution in [0.25, 0.3) is 0 Å². The van der Waals surface area contributed by atoms with Crippen LogP contribution in [-0.2, 0) is 9.84 Å². The number of hydrogen-bond donors (Lipinski definition) is 1. The van der Waals surface area contributed by atoms with E-state index in [9.17, 15) is 8.42 Å². The lowest BCUT2D eigenvalue weighted by atomic mass is 10.1. The van der Waals surface area contributed by atoms with Crippen LogP contribution in [0.1, 0.15) is 26.2 Å². The smallest absolute Gasteiger partial charge is 0.193 e. The Morgan fingerprint density at radius 1 is 1.50 bits per heavy atom. The lowest BCUT2D eigenvalue weighted by Crippen LogP contribution is -2.27. The number of hydrogen-bond acceptors (Lipinski definition) is 3. The van der Waals surface area contributed by atoms with E-state index < -0.39 is 9.84 Å². The number of sulfone groups is 1. The van der Waals surface area contributed by atoms with Crippen LogP contribution in [0.2, 0.25) is 0 Å². The number of nitrogens with one attached hydrogen (secondary N) is 1. The van der Waals surface area contributed by atoms with E-state index in [-0.39, 0.29) is 10.3 Å². The third-order valence-electron chi connectivity index (χ3n) is 2.09. The summed E-state index contributed by atoms with van der Waals surface area (Å²) in [4.78, 5) is 0. The highest BCUT2D eigenvalue weighted by atomic mass is 32.2. The molecule has 0 aliphatic heterocycles. The van der Waals surface area contributed by atoms with E-state index in [1.54, 1.807) is 0 Å². The molecule has 1 unspecified atom stereocenters. The molecule has 4 heteroatoms. The zero-order valence-electron chi connectivity index (χ0n) is 7.08. The van der Waals surface area contributed by atoms with E-state index in [1.807, 2.05) is 12.2 Å². The maximum atomic E-state index is 11.4. The first-order chi connectivity index (χ1) is 5.55. The minimum atomic E-state index is -3.27. The van der Waals surface area contributed by atoms with Crippen LogP contribution in [0.4, 0.5) is 0 Å². The molecule has 3 nitrogen and oxygen atoms in total. The molecule has 12 heavy (non-hydrogen) atoms. The van der Waals surface area contributed by atoms with Gasteiger partial charge in [-0.15, -0.1) is 0 Å². The molecule has 1 atom stereocenters. The first-order valence-electron chi connectivity index (χ1n) is 3.99. The van der Waals surface area contributed by atoms with Crippen molar-refractivity contribution >= 4 is 14.9 Å². The Labute approximate surface area is 72.9 Å². The van der Waals surface area contributed by atoms with Crippen molar-refractivity contribution in [1.82, 2.24) is 0 Å². The normalized spacial score (nSPS) is 23.9. The van der Waals surface area contributed by atoms with Gasteiger partial charge in [0.2, 0.25) is 0 Å². The van der Waals surface area contributed by atoms with Crippen molar-refractivity contribution in [3.05, 3.63) is 12.2 Å². The lowest BCUT2D eigenvalue weighted by Gasteiger charge is -2.16. The zero-order valence-corrected chi connectivity index (χ0v) is 7.89. The summed E-state index contributed by atoms with van der Waals surface area (Å²) >= 11 is 0. The molecule has 0 aromatic rings. The second-order valence-corrected chi connectivity index (χ2v) is 5.38. The molecular weight excluding hydrogens is 174 g/mol.